The Morgan fingerprint density at radius 2 is 1.62 bits per heavy atom. The molecule has 0 saturated carbocycles. The van der Waals surface area contributed by atoms with Crippen LogP contribution < -0.4 is 17.0 Å². The zero-order valence-corrected chi connectivity index (χ0v) is 19.2. The Bertz CT molecular complexity index is 1250. The van der Waals surface area contributed by atoms with E-state index in [9.17, 15) is 28.8 Å². The molecule has 0 bridgehead atoms. The summed E-state index contributed by atoms with van der Waals surface area (Å²) in [6.07, 6.45) is -0.0112. The fourth-order valence-corrected chi connectivity index (χ4v) is 3.70. The topological polar surface area (TPSA) is 151 Å². The highest BCUT2D eigenvalue weighted by atomic mass is 16.5. The monoisotopic (exact) mass is 470 g/mol. The summed E-state index contributed by atoms with van der Waals surface area (Å²) in [4.78, 5) is 75.2. The Labute approximate surface area is 194 Å². The average molecular weight is 470 g/mol. The number of amides is 2. The van der Waals surface area contributed by atoms with Crippen molar-refractivity contribution in [2.45, 2.75) is 33.2 Å². The standard InChI is InChI=1S/C23H26N4O7/c1-13(2)11-27-19(24)18(22(32)25(3)23(27)33)16(28)12-34-17(29)9-6-10-26-20(30)14-7-4-5-8-15(14)21(26)31/h4-5,7-8,13H,6,9-12,24H2,1-3H3. The minimum Gasteiger partial charge on any atom is -0.457 e. The van der Waals surface area contributed by atoms with E-state index in [1.54, 1.807) is 24.3 Å². The summed E-state index contributed by atoms with van der Waals surface area (Å²) >= 11 is 0. The molecular formula is C23H26N4O7. The summed E-state index contributed by atoms with van der Waals surface area (Å²) in [6.45, 7) is 3.19. The number of aromatic nitrogens is 2. The SMILES string of the molecule is CC(C)Cn1c(N)c(C(=O)COC(=O)CCCN2C(=O)c3ccccc3C2=O)c(=O)n(C)c1=O. The number of nitrogens with two attached hydrogens (primary N) is 1. The molecular weight excluding hydrogens is 444 g/mol. The van der Waals surface area contributed by atoms with Crippen LogP contribution in [0.3, 0.4) is 0 Å². The lowest BCUT2D eigenvalue weighted by Gasteiger charge is -2.16. The Morgan fingerprint density at radius 1 is 1.03 bits per heavy atom. The Morgan fingerprint density at radius 3 is 2.18 bits per heavy atom. The number of fused-ring (bicyclic) bond motifs is 1. The number of esters is 1. The van der Waals surface area contributed by atoms with Crippen LogP contribution in [0.2, 0.25) is 0 Å². The molecule has 2 aromatic rings. The van der Waals surface area contributed by atoms with Crippen molar-refractivity contribution in [2.24, 2.45) is 13.0 Å². The highest BCUT2D eigenvalue weighted by molar-refractivity contribution is 6.21. The lowest BCUT2D eigenvalue weighted by molar-refractivity contribution is -0.142. The molecule has 3 rings (SSSR count). The molecule has 0 radical (unpaired) electrons. The summed E-state index contributed by atoms with van der Waals surface area (Å²) in [7, 11) is 1.24. The van der Waals surface area contributed by atoms with Gasteiger partial charge in [-0.2, -0.15) is 0 Å². The molecule has 180 valence electrons. The van der Waals surface area contributed by atoms with Gasteiger partial charge in [-0.3, -0.25) is 38.0 Å². The maximum atomic E-state index is 12.6. The Balaban J connectivity index is 1.59. The normalized spacial score (nSPS) is 12.9. The molecule has 2 amide bonds. The van der Waals surface area contributed by atoms with Crippen LogP contribution in [0.5, 0.6) is 0 Å². The van der Waals surface area contributed by atoms with E-state index in [0.29, 0.717) is 11.1 Å². The number of nitrogens with zero attached hydrogens (tertiary/aromatic N) is 3. The molecule has 0 atom stereocenters. The van der Waals surface area contributed by atoms with Crippen molar-refractivity contribution in [3.05, 3.63) is 61.8 Å². The number of hydrogen-bond acceptors (Lipinski definition) is 8. The maximum Gasteiger partial charge on any atom is 0.332 e. The van der Waals surface area contributed by atoms with E-state index in [1.807, 2.05) is 13.8 Å². The van der Waals surface area contributed by atoms with Gasteiger partial charge in [-0.15, -0.1) is 0 Å². The number of ether oxygens (including phenoxy) is 1. The van der Waals surface area contributed by atoms with Gasteiger partial charge in [-0.25, -0.2) is 4.79 Å². The molecule has 2 heterocycles. The zero-order valence-electron chi connectivity index (χ0n) is 19.2. The van der Waals surface area contributed by atoms with E-state index >= 15 is 0 Å². The Kier molecular flexibility index (Phi) is 7.14. The van der Waals surface area contributed by atoms with Gasteiger partial charge in [-0.1, -0.05) is 26.0 Å². The van der Waals surface area contributed by atoms with Crippen molar-refractivity contribution in [1.29, 1.82) is 0 Å². The predicted octanol–water partition coefficient (Wildman–Crippen LogP) is 0.587. The number of rotatable bonds is 9. The highest BCUT2D eigenvalue weighted by Crippen LogP contribution is 2.22. The minimum absolute atomic E-state index is 0.0169. The first-order valence-corrected chi connectivity index (χ1v) is 10.8. The van der Waals surface area contributed by atoms with Crippen LogP contribution in [-0.2, 0) is 23.1 Å². The van der Waals surface area contributed by atoms with Gasteiger partial charge in [-0.05, 0) is 24.5 Å². The van der Waals surface area contributed by atoms with Crippen LogP contribution in [0.4, 0.5) is 5.82 Å². The summed E-state index contributed by atoms with van der Waals surface area (Å²) in [5, 5.41) is 0. The molecule has 0 spiro atoms. The van der Waals surface area contributed by atoms with Gasteiger partial charge < -0.3 is 10.5 Å². The van der Waals surface area contributed by atoms with E-state index in [1.165, 1.54) is 7.05 Å². The largest absolute Gasteiger partial charge is 0.457 e. The van der Waals surface area contributed by atoms with Crippen molar-refractivity contribution in [2.75, 3.05) is 18.9 Å². The quantitative estimate of drug-likeness (QED) is 0.318. The first-order valence-electron chi connectivity index (χ1n) is 10.8. The first kappa shape index (κ1) is 24.6. The van der Waals surface area contributed by atoms with E-state index in [4.69, 9.17) is 10.5 Å². The molecule has 11 nitrogen and oxygen atoms in total. The van der Waals surface area contributed by atoms with Crippen LogP contribution in [0, 0.1) is 5.92 Å². The smallest absolute Gasteiger partial charge is 0.332 e. The van der Waals surface area contributed by atoms with Crippen molar-refractivity contribution >= 4 is 29.4 Å². The summed E-state index contributed by atoms with van der Waals surface area (Å²) in [6, 6.07) is 6.46. The molecule has 1 aliphatic heterocycles. The van der Waals surface area contributed by atoms with Gasteiger partial charge in [0.25, 0.3) is 17.4 Å². The molecule has 0 saturated heterocycles. The lowest BCUT2D eigenvalue weighted by atomic mass is 10.1. The van der Waals surface area contributed by atoms with Gasteiger partial charge in [0.1, 0.15) is 11.4 Å². The molecule has 34 heavy (non-hydrogen) atoms. The molecule has 1 aliphatic rings. The number of imide groups is 1. The van der Waals surface area contributed by atoms with Crippen LogP contribution in [0.15, 0.2) is 33.9 Å². The molecule has 2 N–H and O–H groups in total. The van der Waals surface area contributed by atoms with Crippen LogP contribution in [-0.4, -0.2) is 50.8 Å². The molecule has 11 heteroatoms. The highest BCUT2D eigenvalue weighted by Gasteiger charge is 2.34. The number of carbonyl (C=O) groups excluding carboxylic acids is 4. The molecule has 1 aromatic carbocycles. The third kappa shape index (κ3) is 4.68. The van der Waals surface area contributed by atoms with Crippen molar-refractivity contribution in [3.8, 4) is 0 Å². The summed E-state index contributed by atoms with van der Waals surface area (Å²) < 4.78 is 6.90. The van der Waals surface area contributed by atoms with Crippen molar-refractivity contribution in [3.63, 3.8) is 0 Å². The van der Waals surface area contributed by atoms with Gasteiger partial charge in [0.15, 0.2) is 6.61 Å². The third-order valence-electron chi connectivity index (χ3n) is 5.41. The van der Waals surface area contributed by atoms with E-state index in [0.717, 1.165) is 14.0 Å². The number of ketones is 1. The molecule has 0 aliphatic carbocycles. The van der Waals surface area contributed by atoms with Gasteiger partial charge in [0.05, 0.1) is 11.1 Å². The van der Waals surface area contributed by atoms with Gasteiger partial charge >= 0.3 is 11.7 Å². The fraction of sp³-hybridized carbons (Fsp3) is 0.391. The summed E-state index contributed by atoms with van der Waals surface area (Å²) in [5.41, 5.74) is 4.65. The second kappa shape index (κ2) is 9.86. The van der Waals surface area contributed by atoms with Crippen LogP contribution in [0.1, 0.15) is 57.8 Å². The average Bonchev–Trinajstić information content (AvgIpc) is 3.04. The van der Waals surface area contributed by atoms with Gasteiger partial charge in [0, 0.05) is 26.6 Å². The maximum absolute atomic E-state index is 12.6. The number of carbonyl (C=O) groups is 4. The zero-order chi connectivity index (χ0) is 25.2. The molecule has 1 aromatic heterocycles. The second-order valence-electron chi connectivity index (χ2n) is 8.41. The third-order valence-corrected chi connectivity index (χ3v) is 5.41. The second-order valence-corrected chi connectivity index (χ2v) is 8.41. The van der Waals surface area contributed by atoms with E-state index in [2.05, 4.69) is 0 Å². The van der Waals surface area contributed by atoms with Crippen LogP contribution in [0.25, 0.3) is 0 Å². The van der Waals surface area contributed by atoms with E-state index in [-0.39, 0.29) is 37.7 Å². The minimum atomic E-state index is -0.867. The lowest BCUT2D eigenvalue weighted by Crippen LogP contribution is -2.43. The number of nitrogen functional groups attached to an aromatic ring is 1. The molecule has 0 fully saturated rings. The molecule has 0 unspecified atom stereocenters. The predicted molar refractivity (Wildman–Crippen MR) is 122 cm³/mol. The number of anilines is 1. The first-order chi connectivity index (χ1) is 16.0. The van der Waals surface area contributed by atoms with E-state index < -0.39 is 47.0 Å². The number of Topliss-reactive ketones (excluding diaryl/α,β-unsaturated/α-hetero) is 1. The Hall–Kier alpha value is -4.02. The van der Waals surface area contributed by atoms with Crippen molar-refractivity contribution in [1.82, 2.24) is 14.0 Å². The van der Waals surface area contributed by atoms with Crippen LogP contribution >= 0.6 is 0 Å². The fourth-order valence-electron chi connectivity index (χ4n) is 3.70. The number of hydrogen-bond donors (Lipinski definition) is 1. The van der Waals surface area contributed by atoms with Crippen molar-refractivity contribution < 1.29 is 23.9 Å². The number of benzene rings is 1. The summed E-state index contributed by atoms with van der Waals surface area (Å²) in [5.74, 6) is -2.66. The van der Waals surface area contributed by atoms with Gasteiger partial charge in [0.2, 0.25) is 5.78 Å².